The van der Waals surface area contributed by atoms with Crippen LogP contribution in [-0.4, -0.2) is 56.1 Å². The molecular weight excluding hydrogens is 372 g/mol. The van der Waals surface area contributed by atoms with Crippen LogP contribution in [0.5, 0.6) is 0 Å². The minimum absolute atomic E-state index is 0.165. The van der Waals surface area contributed by atoms with Crippen molar-refractivity contribution in [2.24, 2.45) is 0 Å². The van der Waals surface area contributed by atoms with Crippen LogP contribution in [0, 0.1) is 6.92 Å². The minimum atomic E-state index is -0.484. The zero-order valence-corrected chi connectivity index (χ0v) is 16.3. The number of ether oxygens (including phenoxy) is 2. The van der Waals surface area contributed by atoms with Gasteiger partial charge >= 0.3 is 5.97 Å². The molecule has 0 fully saturated rings. The number of thiophene rings is 1. The van der Waals surface area contributed by atoms with Crippen LogP contribution >= 0.6 is 11.3 Å². The van der Waals surface area contributed by atoms with E-state index in [0.717, 1.165) is 11.3 Å². The predicted octanol–water partition coefficient (Wildman–Crippen LogP) is 2.55. The average Bonchev–Trinajstić information content (AvgIpc) is 3.28. The van der Waals surface area contributed by atoms with Gasteiger partial charge in [0.2, 0.25) is 0 Å². The molecule has 146 valence electrons. The number of hydrogen-bond donors (Lipinski definition) is 1. The number of hydrogen-bond acceptors (Lipinski definition) is 7. The summed E-state index contributed by atoms with van der Waals surface area (Å²) in [6, 6.07) is 4.87. The number of carbonyl (C=O) groups is 3. The highest BCUT2D eigenvalue weighted by Crippen LogP contribution is 2.28. The summed E-state index contributed by atoms with van der Waals surface area (Å²) in [5.41, 5.74) is 0.700. The summed E-state index contributed by atoms with van der Waals surface area (Å²) >= 11 is 1.14. The largest absolute Gasteiger partial charge is 0.465 e. The van der Waals surface area contributed by atoms with Gasteiger partial charge in [-0.15, -0.1) is 11.3 Å². The van der Waals surface area contributed by atoms with Crippen LogP contribution in [0.4, 0.5) is 5.00 Å². The standard InChI is InChI=1S/C18H22N2O6S/c1-4-25-15(21)11-20(7-9-24-3)18(23)16-12(2)10-14(27-16)19-17(22)13-6-5-8-26-13/h5-6,8,10H,4,7,9,11H2,1-3H3,(H,19,22). The zero-order valence-electron chi connectivity index (χ0n) is 15.4. The molecule has 0 saturated heterocycles. The topological polar surface area (TPSA) is 98.1 Å². The molecule has 9 heteroatoms. The van der Waals surface area contributed by atoms with Crippen LogP contribution in [0.1, 0.15) is 32.7 Å². The maximum atomic E-state index is 12.9. The lowest BCUT2D eigenvalue weighted by molar-refractivity contribution is -0.143. The van der Waals surface area contributed by atoms with Crippen molar-refractivity contribution in [2.75, 3.05) is 38.7 Å². The first kappa shape index (κ1) is 20.7. The first-order valence-electron chi connectivity index (χ1n) is 8.35. The first-order valence-corrected chi connectivity index (χ1v) is 9.17. The van der Waals surface area contributed by atoms with Crippen LogP contribution in [0.15, 0.2) is 28.9 Å². The Morgan fingerprint density at radius 3 is 2.74 bits per heavy atom. The number of aryl methyl sites for hydroxylation is 1. The van der Waals surface area contributed by atoms with E-state index in [2.05, 4.69) is 5.32 Å². The lowest BCUT2D eigenvalue weighted by Crippen LogP contribution is -2.38. The molecule has 0 atom stereocenters. The third-order valence-corrected chi connectivity index (χ3v) is 4.71. The Morgan fingerprint density at radius 1 is 1.33 bits per heavy atom. The van der Waals surface area contributed by atoms with E-state index in [4.69, 9.17) is 13.9 Å². The van der Waals surface area contributed by atoms with Gasteiger partial charge in [0.1, 0.15) is 6.54 Å². The first-order chi connectivity index (χ1) is 13.0. The summed E-state index contributed by atoms with van der Waals surface area (Å²) in [5, 5.41) is 3.22. The molecule has 0 aromatic carbocycles. The molecule has 0 aliphatic rings. The van der Waals surface area contributed by atoms with Gasteiger partial charge in [0.05, 0.1) is 29.4 Å². The Kier molecular flexibility index (Phi) is 7.56. The van der Waals surface area contributed by atoms with Gasteiger partial charge in [0.15, 0.2) is 5.76 Å². The number of amides is 2. The van der Waals surface area contributed by atoms with Gasteiger partial charge in [-0.05, 0) is 37.6 Å². The van der Waals surface area contributed by atoms with Crippen molar-refractivity contribution in [3.05, 3.63) is 40.7 Å². The fourth-order valence-corrected chi connectivity index (χ4v) is 3.33. The second kappa shape index (κ2) is 9.89. The van der Waals surface area contributed by atoms with E-state index in [1.807, 2.05) is 0 Å². The molecule has 2 heterocycles. The highest BCUT2D eigenvalue weighted by atomic mass is 32.1. The highest BCUT2D eigenvalue weighted by Gasteiger charge is 2.23. The molecule has 0 unspecified atom stereocenters. The van der Waals surface area contributed by atoms with E-state index in [9.17, 15) is 14.4 Å². The van der Waals surface area contributed by atoms with E-state index in [1.54, 1.807) is 32.0 Å². The quantitative estimate of drug-likeness (QED) is 0.657. The maximum Gasteiger partial charge on any atom is 0.325 e. The number of nitrogens with zero attached hydrogens (tertiary/aromatic N) is 1. The van der Waals surface area contributed by atoms with Crippen LogP contribution in [0.2, 0.25) is 0 Å². The molecule has 2 rings (SSSR count). The third kappa shape index (κ3) is 5.66. The molecule has 1 N–H and O–H groups in total. The lowest BCUT2D eigenvalue weighted by atomic mass is 10.2. The summed E-state index contributed by atoms with van der Waals surface area (Å²) in [5.74, 6) is -1.02. The maximum absolute atomic E-state index is 12.9. The van der Waals surface area contributed by atoms with E-state index in [1.165, 1.54) is 18.3 Å². The summed E-state index contributed by atoms with van der Waals surface area (Å²) in [6.45, 7) is 4.09. The van der Waals surface area contributed by atoms with Gasteiger partial charge in [-0.3, -0.25) is 14.4 Å². The van der Waals surface area contributed by atoms with Crippen LogP contribution in [-0.2, 0) is 14.3 Å². The Labute approximate surface area is 161 Å². The molecule has 2 aromatic rings. The van der Waals surface area contributed by atoms with E-state index in [-0.39, 0.29) is 38.0 Å². The molecule has 0 spiro atoms. The van der Waals surface area contributed by atoms with Gasteiger partial charge in [-0.2, -0.15) is 0 Å². The average molecular weight is 394 g/mol. The number of esters is 1. The van der Waals surface area contributed by atoms with Crippen LogP contribution in [0.25, 0.3) is 0 Å². The number of carbonyl (C=O) groups excluding carboxylic acids is 3. The van der Waals surface area contributed by atoms with Gasteiger partial charge in [-0.25, -0.2) is 0 Å². The van der Waals surface area contributed by atoms with Gasteiger partial charge in [-0.1, -0.05) is 0 Å². The van der Waals surface area contributed by atoms with E-state index >= 15 is 0 Å². The molecule has 0 saturated carbocycles. The van der Waals surface area contributed by atoms with E-state index in [0.29, 0.717) is 15.4 Å². The molecule has 8 nitrogen and oxygen atoms in total. The Balaban J connectivity index is 2.13. The van der Waals surface area contributed by atoms with Gasteiger partial charge < -0.3 is 24.1 Å². The summed E-state index contributed by atoms with van der Waals surface area (Å²) in [7, 11) is 1.52. The molecular formula is C18H22N2O6S. The molecule has 0 aliphatic heterocycles. The fourth-order valence-electron chi connectivity index (χ4n) is 2.30. The zero-order chi connectivity index (χ0) is 19.8. The van der Waals surface area contributed by atoms with Crippen molar-refractivity contribution in [1.82, 2.24) is 4.90 Å². The summed E-state index contributed by atoms with van der Waals surface area (Å²) < 4.78 is 15.0. The second-order valence-electron chi connectivity index (χ2n) is 5.58. The summed E-state index contributed by atoms with van der Waals surface area (Å²) in [4.78, 5) is 38.6. The van der Waals surface area contributed by atoms with Gasteiger partial charge in [0, 0.05) is 13.7 Å². The van der Waals surface area contributed by atoms with Crippen LogP contribution in [0.3, 0.4) is 0 Å². The second-order valence-corrected chi connectivity index (χ2v) is 6.63. The number of methoxy groups -OCH3 is 1. The molecule has 2 aromatic heterocycles. The number of furan rings is 1. The Bertz CT molecular complexity index is 784. The number of rotatable bonds is 9. The minimum Gasteiger partial charge on any atom is -0.465 e. The number of anilines is 1. The third-order valence-electron chi connectivity index (χ3n) is 3.57. The van der Waals surface area contributed by atoms with Crippen molar-refractivity contribution in [2.45, 2.75) is 13.8 Å². The lowest BCUT2D eigenvalue weighted by Gasteiger charge is -2.21. The Hall–Kier alpha value is -2.65. The van der Waals surface area contributed by atoms with Crippen molar-refractivity contribution < 1.29 is 28.3 Å². The normalized spacial score (nSPS) is 10.5. The monoisotopic (exact) mass is 394 g/mol. The summed E-state index contributed by atoms with van der Waals surface area (Å²) in [6.07, 6.45) is 1.41. The SMILES string of the molecule is CCOC(=O)CN(CCOC)C(=O)c1sc(NC(=O)c2ccco2)cc1C. The molecule has 27 heavy (non-hydrogen) atoms. The molecule has 2 amide bonds. The van der Waals surface area contributed by atoms with Crippen molar-refractivity contribution in [1.29, 1.82) is 0 Å². The van der Waals surface area contributed by atoms with Crippen molar-refractivity contribution in [3.8, 4) is 0 Å². The van der Waals surface area contributed by atoms with E-state index < -0.39 is 11.9 Å². The fraction of sp³-hybridized carbons (Fsp3) is 0.389. The molecule has 0 bridgehead atoms. The Morgan fingerprint density at radius 2 is 2.11 bits per heavy atom. The highest BCUT2D eigenvalue weighted by molar-refractivity contribution is 7.18. The number of nitrogens with one attached hydrogen (secondary N) is 1. The van der Waals surface area contributed by atoms with Gasteiger partial charge in [0.25, 0.3) is 11.8 Å². The molecule has 0 radical (unpaired) electrons. The van der Waals surface area contributed by atoms with Crippen molar-refractivity contribution >= 4 is 34.1 Å². The molecule has 0 aliphatic carbocycles. The van der Waals surface area contributed by atoms with Crippen LogP contribution < -0.4 is 5.32 Å². The van der Waals surface area contributed by atoms with Crippen molar-refractivity contribution in [3.63, 3.8) is 0 Å². The smallest absolute Gasteiger partial charge is 0.325 e. The predicted molar refractivity (Wildman–Crippen MR) is 100 cm³/mol.